The molecule has 126 valence electrons. The standard InChI is InChI=1S/C17H20FN5S/c1-10(2)16-15(24-22-21-16)9-23-7-3-4-14(23)17-19-12-6-5-11(18)8-13(12)20-17/h5-6,8,10,14H,3-4,7,9H2,1-2H3,(H,19,20)/t14-/m0/s1. The molecule has 0 bridgehead atoms. The van der Waals surface area contributed by atoms with Crippen LogP contribution in [0.3, 0.4) is 0 Å². The maximum Gasteiger partial charge on any atom is 0.125 e. The Balaban J connectivity index is 1.60. The largest absolute Gasteiger partial charge is 0.341 e. The fourth-order valence-electron chi connectivity index (χ4n) is 3.43. The number of H-pyrrole nitrogens is 1. The highest BCUT2D eigenvalue weighted by atomic mass is 32.1. The summed E-state index contributed by atoms with van der Waals surface area (Å²) in [6.45, 7) is 6.18. The molecule has 0 amide bonds. The average Bonchev–Trinajstić information content (AvgIpc) is 3.25. The molecule has 1 aliphatic rings. The maximum absolute atomic E-state index is 13.4. The summed E-state index contributed by atoms with van der Waals surface area (Å²) in [7, 11) is 0. The predicted octanol–water partition coefficient (Wildman–Crippen LogP) is 4.01. The molecule has 3 heterocycles. The molecule has 7 heteroatoms. The smallest absolute Gasteiger partial charge is 0.125 e. The van der Waals surface area contributed by atoms with Crippen molar-refractivity contribution in [2.75, 3.05) is 6.54 Å². The van der Waals surface area contributed by atoms with Gasteiger partial charge >= 0.3 is 0 Å². The number of nitrogens with zero attached hydrogens (tertiary/aromatic N) is 4. The van der Waals surface area contributed by atoms with E-state index in [1.54, 1.807) is 6.07 Å². The van der Waals surface area contributed by atoms with Crippen LogP contribution in [0.4, 0.5) is 4.39 Å². The second-order valence-electron chi connectivity index (χ2n) is 6.65. The molecule has 4 rings (SSSR count). The molecule has 1 atom stereocenters. The Morgan fingerprint density at radius 1 is 1.42 bits per heavy atom. The highest BCUT2D eigenvalue weighted by Gasteiger charge is 2.30. The lowest BCUT2D eigenvalue weighted by atomic mass is 10.1. The molecule has 0 spiro atoms. The summed E-state index contributed by atoms with van der Waals surface area (Å²) >= 11 is 1.49. The van der Waals surface area contributed by atoms with E-state index in [1.165, 1.54) is 28.5 Å². The molecule has 3 aromatic rings. The van der Waals surface area contributed by atoms with Crippen LogP contribution >= 0.6 is 11.5 Å². The van der Waals surface area contributed by atoms with E-state index in [4.69, 9.17) is 0 Å². The summed E-state index contributed by atoms with van der Waals surface area (Å²) < 4.78 is 17.5. The lowest BCUT2D eigenvalue weighted by molar-refractivity contribution is 0.242. The van der Waals surface area contributed by atoms with Crippen molar-refractivity contribution in [3.8, 4) is 0 Å². The van der Waals surface area contributed by atoms with Crippen molar-refractivity contribution < 1.29 is 4.39 Å². The van der Waals surface area contributed by atoms with Crippen LogP contribution in [-0.2, 0) is 6.54 Å². The molecule has 1 N–H and O–H groups in total. The molecule has 1 fully saturated rings. The first kappa shape index (κ1) is 15.7. The third-order valence-electron chi connectivity index (χ3n) is 4.62. The number of benzene rings is 1. The highest BCUT2D eigenvalue weighted by Crippen LogP contribution is 2.34. The van der Waals surface area contributed by atoms with Gasteiger partial charge in [0.05, 0.1) is 27.6 Å². The molecule has 1 saturated heterocycles. The van der Waals surface area contributed by atoms with Crippen molar-refractivity contribution in [1.29, 1.82) is 0 Å². The second kappa shape index (κ2) is 6.22. The van der Waals surface area contributed by atoms with E-state index in [1.807, 2.05) is 0 Å². The summed E-state index contributed by atoms with van der Waals surface area (Å²) in [4.78, 5) is 11.6. The molecular weight excluding hydrogens is 325 g/mol. The van der Waals surface area contributed by atoms with Gasteiger partial charge in [0.1, 0.15) is 11.6 Å². The minimum atomic E-state index is -0.238. The molecule has 1 aliphatic heterocycles. The van der Waals surface area contributed by atoms with Gasteiger partial charge in [0.25, 0.3) is 0 Å². The Labute approximate surface area is 144 Å². The maximum atomic E-state index is 13.4. The first-order valence-corrected chi connectivity index (χ1v) is 9.09. The van der Waals surface area contributed by atoms with E-state index in [2.05, 4.69) is 38.3 Å². The molecule has 5 nitrogen and oxygen atoms in total. The third kappa shape index (κ3) is 2.82. The number of nitrogens with one attached hydrogen (secondary N) is 1. The van der Waals surface area contributed by atoms with E-state index in [-0.39, 0.29) is 11.9 Å². The summed E-state index contributed by atoms with van der Waals surface area (Å²) in [6.07, 6.45) is 2.20. The summed E-state index contributed by atoms with van der Waals surface area (Å²) in [5.41, 5.74) is 2.68. The minimum Gasteiger partial charge on any atom is -0.341 e. The molecule has 0 radical (unpaired) electrons. The first-order chi connectivity index (χ1) is 11.6. The summed E-state index contributed by atoms with van der Waals surface area (Å²) in [5, 5.41) is 4.28. The Bertz CT molecular complexity index is 856. The number of aromatic amines is 1. The number of fused-ring (bicyclic) bond motifs is 1. The fourth-order valence-corrected chi connectivity index (χ4v) is 4.25. The van der Waals surface area contributed by atoms with Crippen molar-refractivity contribution in [3.05, 3.63) is 40.4 Å². The highest BCUT2D eigenvalue weighted by molar-refractivity contribution is 7.05. The van der Waals surface area contributed by atoms with E-state index in [0.717, 1.165) is 48.5 Å². The van der Waals surface area contributed by atoms with Crippen molar-refractivity contribution in [3.63, 3.8) is 0 Å². The molecule has 0 unspecified atom stereocenters. The number of likely N-dealkylation sites (tertiary alicyclic amines) is 1. The van der Waals surface area contributed by atoms with Crippen molar-refractivity contribution in [1.82, 2.24) is 24.5 Å². The van der Waals surface area contributed by atoms with Crippen molar-refractivity contribution in [2.45, 2.75) is 45.2 Å². The summed E-state index contributed by atoms with van der Waals surface area (Å²) in [6, 6.07) is 4.93. The van der Waals surface area contributed by atoms with Gasteiger partial charge in [0.15, 0.2) is 0 Å². The number of hydrogen-bond donors (Lipinski definition) is 1. The lowest BCUT2D eigenvalue weighted by Crippen LogP contribution is -2.23. The molecule has 2 aromatic heterocycles. The number of rotatable bonds is 4. The van der Waals surface area contributed by atoms with E-state index < -0.39 is 0 Å². The van der Waals surface area contributed by atoms with E-state index >= 15 is 0 Å². The van der Waals surface area contributed by atoms with Gasteiger partial charge in [-0.1, -0.05) is 18.3 Å². The topological polar surface area (TPSA) is 57.7 Å². The zero-order valence-corrected chi connectivity index (χ0v) is 14.6. The number of halogens is 1. The number of imidazole rings is 1. The van der Waals surface area contributed by atoms with Gasteiger partial charge in [-0.05, 0) is 55.0 Å². The van der Waals surface area contributed by atoms with E-state index in [9.17, 15) is 4.39 Å². The molecular formula is C17H20FN5S. The van der Waals surface area contributed by atoms with Gasteiger partial charge in [0, 0.05) is 6.54 Å². The van der Waals surface area contributed by atoms with Crippen LogP contribution in [0.25, 0.3) is 11.0 Å². The summed E-state index contributed by atoms with van der Waals surface area (Å²) in [5.74, 6) is 1.07. The normalized spacial score (nSPS) is 18.9. The number of aromatic nitrogens is 4. The van der Waals surface area contributed by atoms with Gasteiger partial charge in [-0.15, -0.1) is 5.10 Å². The van der Waals surface area contributed by atoms with Crippen LogP contribution in [-0.4, -0.2) is 31.0 Å². The van der Waals surface area contributed by atoms with Gasteiger partial charge in [-0.3, -0.25) is 4.90 Å². The van der Waals surface area contributed by atoms with Crippen LogP contribution in [0.2, 0.25) is 0 Å². The van der Waals surface area contributed by atoms with Crippen LogP contribution in [0.5, 0.6) is 0 Å². The molecule has 1 aromatic carbocycles. The Morgan fingerprint density at radius 3 is 3.12 bits per heavy atom. The monoisotopic (exact) mass is 345 g/mol. The Hall–Kier alpha value is -1.86. The fraction of sp³-hybridized carbons (Fsp3) is 0.471. The zero-order valence-electron chi connectivity index (χ0n) is 13.8. The van der Waals surface area contributed by atoms with Gasteiger partial charge in [-0.2, -0.15) is 0 Å². The SMILES string of the molecule is CC(C)c1nnsc1CN1CCC[C@H]1c1nc2ccc(F)cc2[nH]1. The average molecular weight is 345 g/mol. The van der Waals surface area contributed by atoms with Crippen LogP contribution < -0.4 is 0 Å². The molecule has 24 heavy (non-hydrogen) atoms. The minimum absolute atomic E-state index is 0.238. The predicted molar refractivity (Wildman–Crippen MR) is 92.4 cm³/mol. The van der Waals surface area contributed by atoms with Crippen molar-refractivity contribution in [2.24, 2.45) is 0 Å². The lowest BCUT2D eigenvalue weighted by Gasteiger charge is -2.22. The van der Waals surface area contributed by atoms with Gasteiger partial charge in [-0.25, -0.2) is 9.37 Å². The van der Waals surface area contributed by atoms with Gasteiger partial charge in [0.2, 0.25) is 0 Å². The van der Waals surface area contributed by atoms with E-state index in [0.29, 0.717) is 5.92 Å². The number of hydrogen-bond acceptors (Lipinski definition) is 5. The second-order valence-corrected chi connectivity index (χ2v) is 7.49. The molecule has 0 aliphatic carbocycles. The van der Waals surface area contributed by atoms with Crippen LogP contribution in [0.1, 0.15) is 55.0 Å². The zero-order chi connectivity index (χ0) is 16.7. The quantitative estimate of drug-likeness (QED) is 0.776. The first-order valence-electron chi connectivity index (χ1n) is 8.32. The van der Waals surface area contributed by atoms with Crippen LogP contribution in [0, 0.1) is 5.82 Å². The van der Waals surface area contributed by atoms with Crippen molar-refractivity contribution >= 4 is 22.6 Å². The van der Waals surface area contributed by atoms with Gasteiger partial charge < -0.3 is 4.98 Å². The molecule has 0 saturated carbocycles. The third-order valence-corrected chi connectivity index (χ3v) is 5.34. The Morgan fingerprint density at radius 2 is 2.29 bits per heavy atom. The van der Waals surface area contributed by atoms with Crippen LogP contribution in [0.15, 0.2) is 18.2 Å². The Kier molecular flexibility index (Phi) is 4.05.